The lowest BCUT2D eigenvalue weighted by atomic mass is 10.1. The minimum absolute atomic E-state index is 0.0334. The van der Waals surface area contributed by atoms with Gasteiger partial charge in [-0.15, -0.1) is 0 Å². The van der Waals surface area contributed by atoms with Crippen molar-refractivity contribution >= 4 is 11.6 Å². The lowest BCUT2D eigenvalue weighted by molar-refractivity contribution is -0.385. The number of nitrogens with zero attached hydrogens (tertiary/aromatic N) is 1. The molecule has 6 nitrogen and oxygen atoms in total. The fraction of sp³-hybridized carbons (Fsp3) is 0.188. The highest BCUT2D eigenvalue weighted by Gasteiger charge is 2.13. The number of hydrogen-bond donors (Lipinski definition) is 1. The Bertz CT molecular complexity index is 748. The molecular formula is C16H14F2N2O4. The van der Waals surface area contributed by atoms with E-state index in [4.69, 9.17) is 0 Å². The molecule has 2 rings (SSSR count). The van der Waals surface area contributed by atoms with E-state index >= 15 is 0 Å². The average Bonchev–Trinajstić information content (AvgIpc) is 2.53. The van der Waals surface area contributed by atoms with Crippen molar-refractivity contribution in [3.8, 4) is 5.75 Å². The molecule has 0 unspecified atom stereocenters. The molecule has 0 radical (unpaired) electrons. The highest BCUT2D eigenvalue weighted by Crippen LogP contribution is 2.19. The average molecular weight is 336 g/mol. The summed E-state index contributed by atoms with van der Waals surface area (Å²) in [6.45, 7) is -1.15. The van der Waals surface area contributed by atoms with E-state index in [0.717, 1.165) is 0 Å². The second kappa shape index (κ2) is 7.49. The van der Waals surface area contributed by atoms with Gasteiger partial charge in [-0.3, -0.25) is 14.9 Å². The first-order chi connectivity index (χ1) is 11.4. The minimum atomic E-state index is -2.89. The fourth-order valence-corrected chi connectivity index (χ4v) is 2.07. The van der Waals surface area contributed by atoms with Gasteiger partial charge in [0.05, 0.1) is 4.92 Å². The van der Waals surface area contributed by atoms with Gasteiger partial charge in [0.1, 0.15) is 5.75 Å². The summed E-state index contributed by atoms with van der Waals surface area (Å²) in [6.07, 6.45) is 0. The standard InChI is InChI=1S/C16H14F2N2O4/c1-10-8-12(4-7-14(10)20(22)23)15(21)19-9-11-2-5-13(6-3-11)24-16(17)18/h2-8,16H,9H2,1H3,(H,19,21). The summed E-state index contributed by atoms with van der Waals surface area (Å²) in [5, 5.41) is 13.4. The van der Waals surface area contributed by atoms with Crippen LogP contribution in [0.1, 0.15) is 21.5 Å². The molecule has 0 aliphatic heterocycles. The van der Waals surface area contributed by atoms with Crippen LogP contribution in [0.5, 0.6) is 5.75 Å². The van der Waals surface area contributed by atoms with Crippen LogP contribution in [-0.2, 0) is 6.54 Å². The maximum absolute atomic E-state index is 12.1. The number of rotatable bonds is 6. The van der Waals surface area contributed by atoms with Gasteiger partial charge in [-0.1, -0.05) is 12.1 Å². The smallest absolute Gasteiger partial charge is 0.387 e. The number of nitrogens with one attached hydrogen (secondary N) is 1. The monoisotopic (exact) mass is 336 g/mol. The van der Waals surface area contributed by atoms with Crippen LogP contribution in [0, 0.1) is 17.0 Å². The van der Waals surface area contributed by atoms with Gasteiger partial charge in [0.15, 0.2) is 0 Å². The minimum Gasteiger partial charge on any atom is -0.435 e. The van der Waals surface area contributed by atoms with Crippen molar-refractivity contribution < 1.29 is 23.2 Å². The number of nitro groups is 1. The Kier molecular flexibility index (Phi) is 5.41. The molecule has 2 aromatic carbocycles. The molecule has 0 saturated heterocycles. The zero-order valence-corrected chi connectivity index (χ0v) is 12.7. The van der Waals surface area contributed by atoms with Crippen molar-refractivity contribution in [2.75, 3.05) is 0 Å². The van der Waals surface area contributed by atoms with Crippen molar-refractivity contribution in [3.63, 3.8) is 0 Å². The van der Waals surface area contributed by atoms with E-state index in [0.29, 0.717) is 16.7 Å². The summed E-state index contributed by atoms with van der Waals surface area (Å²) in [6, 6.07) is 9.96. The van der Waals surface area contributed by atoms with E-state index in [2.05, 4.69) is 10.1 Å². The van der Waals surface area contributed by atoms with Gasteiger partial charge in [0.2, 0.25) is 0 Å². The molecule has 0 saturated carbocycles. The highest BCUT2D eigenvalue weighted by atomic mass is 19.3. The molecule has 0 aromatic heterocycles. The zero-order valence-electron chi connectivity index (χ0n) is 12.7. The third-order valence-corrected chi connectivity index (χ3v) is 3.26. The van der Waals surface area contributed by atoms with Gasteiger partial charge in [0, 0.05) is 23.7 Å². The Morgan fingerprint density at radius 1 is 1.25 bits per heavy atom. The molecule has 0 fully saturated rings. The first kappa shape index (κ1) is 17.3. The number of amides is 1. The number of benzene rings is 2. The first-order valence-corrected chi connectivity index (χ1v) is 6.94. The molecule has 0 aliphatic carbocycles. The van der Waals surface area contributed by atoms with Gasteiger partial charge in [-0.25, -0.2) is 0 Å². The molecule has 0 aliphatic rings. The Labute approximate surface area is 136 Å². The lowest BCUT2D eigenvalue weighted by Crippen LogP contribution is -2.22. The summed E-state index contributed by atoms with van der Waals surface area (Å²) in [5.41, 5.74) is 1.33. The van der Waals surface area contributed by atoms with Crippen LogP contribution in [0.3, 0.4) is 0 Å². The molecule has 0 bridgehead atoms. The second-order valence-corrected chi connectivity index (χ2v) is 4.96. The fourth-order valence-electron chi connectivity index (χ4n) is 2.07. The molecule has 0 atom stereocenters. The van der Waals surface area contributed by atoms with E-state index in [-0.39, 0.29) is 23.9 Å². The molecule has 8 heteroatoms. The summed E-state index contributed by atoms with van der Waals surface area (Å²) >= 11 is 0. The molecule has 0 spiro atoms. The van der Waals surface area contributed by atoms with Gasteiger partial charge in [-0.2, -0.15) is 8.78 Å². The zero-order chi connectivity index (χ0) is 17.7. The van der Waals surface area contributed by atoms with Crippen LogP contribution in [0.15, 0.2) is 42.5 Å². The maximum Gasteiger partial charge on any atom is 0.387 e. The van der Waals surface area contributed by atoms with Crippen molar-refractivity contribution in [3.05, 3.63) is 69.3 Å². The Morgan fingerprint density at radius 2 is 1.92 bits per heavy atom. The molecule has 126 valence electrons. The number of halogens is 2. The van der Waals surface area contributed by atoms with Crippen LogP contribution in [-0.4, -0.2) is 17.4 Å². The Balaban J connectivity index is 1.98. The number of carbonyl (C=O) groups is 1. The Hall–Kier alpha value is -3.03. The SMILES string of the molecule is Cc1cc(C(=O)NCc2ccc(OC(F)F)cc2)ccc1[N+](=O)[O-]. The quantitative estimate of drug-likeness (QED) is 0.647. The summed E-state index contributed by atoms with van der Waals surface area (Å²) in [4.78, 5) is 22.3. The molecule has 24 heavy (non-hydrogen) atoms. The molecule has 1 N–H and O–H groups in total. The van der Waals surface area contributed by atoms with E-state index in [1.54, 1.807) is 19.1 Å². The predicted molar refractivity (Wildman–Crippen MR) is 82.1 cm³/mol. The van der Waals surface area contributed by atoms with E-state index in [1.165, 1.54) is 30.3 Å². The predicted octanol–water partition coefficient (Wildman–Crippen LogP) is 3.43. The Morgan fingerprint density at radius 3 is 2.46 bits per heavy atom. The molecule has 1 amide bonds. The van der Waals surface area contributed by atoms with Crippen LogP contribution in [0.25, 0.3) is 0 Å². The van der Waals surface area contributed by atoms with E-state index < -0.39 is 11.5 Å². The van der Waals surface area contributed by atoms with Crippen molar-refractivity contribution in [2.24, 2.45) is 0 Å². The third-order valence-electron chi connectivity index (χ3n) is 3.26. The van der Waals surface area contributed by atoms with Gasteiger partial charge < -0.3 is 10.1 Å². The van der Waals surface area contributed by atoms with Crippen molar-refractivity contribution in [2.45, 2.75) is 20.1 Å². The van der Waals surface area contributed by atoms with Gasteiger partial charge >= 0.3 is 6.61 Å². The summed E-state index contributed by atoms with van der Waals surface area (Å²) < 4.78 is 28.3. The highest BCUT2D eigenvalue weighted by molar-refractivity contribution is 5.94. The maximum atomic E-state index is 12.1. The van der Waals surface area contributed by atoms with Crippen molar-refractivity contribution in [1.82, 2.24) is 5.32 Å². The third kappa shape index (κ3) is 4.48. The summed E-state index contributed by atoms with van der Waals surface area (Å²) in [5.74, 6) is -0.355. The van der Waals surface area contributed by atoms with E-state index in [9.17, 15) is 23.7 Å². The van der Waals surface area contributed by atoms with Gasteiger partial charge in [0.25, 0.3) is 11.6 Å². The normalized spacial score (nSPS) is 10.5. The number of carbonyl (C=O) groups excluding carboxylic acids is 1. The topological polar surface area (TPSA) is 81.5 Å². The number of alkyl halides is 2. The number of hydrogen-bond acceptors (Lipinski definition) is 4. The van der Waals surface area contributed by atoms with Gasteiger partial charge in [-0.05, 0) is 36.8 Å². The van der Waals surface area contributed by atoms with Crippen LogP contribution < -0.4 is 10.1 Å². The number of aryl methyl sites for hydroxylation is 1. The van der Waals surface area contributed by atoms with E-state index in [1.807, 2.05) is 0 Å². The number of nitro benzene ring substituents is 1. The summed E-state index contributed by atoms with van der Waals surface area (Å²) in [7, 11) is 0. The van der Waals surface area contributed by atoms with Crippen LogP contribution >= 0.6 is 0 Å². The van der Waals surface area contributed by atoms with Crippen molar-refractivity contribution in [1.29, 1.82) is 0 Å². The number of ether oxygens (including phenoxy) is 1. The molecule has 2 aromatic rings. The second-order valence-electron chi connectivity index (χ2n) is 4.96. The molecular weight excluding hydrogens is 322 g/mol. The molecule has 0 heterocycles. The van der Waals surface area contributed by atoms with Crippen LogP contribution in [0.4, 0.5) is 14.5 Å². The van der Waals surface area contributed by atoms with Crippen LogP contribution in [0.2, 0.25) is 0 Å². The lowest BCUT2D eigenvalue weighted by Gasteiger charge is -2.08. The first-order valence-electron chi connectivity index (χ1n) is 6.94. The largest absolute Gasteiger partial charge is 0.435 e.